The van der Waals surface area contributed by atoms with E-state index in [0.717, 1.165) is 37.9 Å². The minimum absolute atomic E-state index is 0.101. The summed E-state index contributed by atoms with van der Waals surface area (Å²) in [5.41, 5.74) is 0.545. The lowest BCUT2D eigenvalue weighted by atomic mass is 10.1. The minimum atomic E-state index is -0.465. The molecule has 6 heteroatoms. The maximum absolute atomic E-state index is 11.9. The standard InChI is InChI=1S/C16H28N4O2/c1-5-9-20-11-12(10-17-20)18-13-7-6-8-14(13)19-15(21)22-16(2,3)4/h10-11,13-14,18H,5-9H2,1-4H3,(H,19,21)/t13-,14-/m0/s1. The van der Waals surface area contributed by atoms with Gasteiger partial charge >= 0.3 is 6.09 Å². The largest absolute Gasteiger partial charge is 0.444 e. The molecule has 1 fully saturated rings. The summed E-state index contributed by atoms with van der Waals surface area (Å²) in [7, 11) is 0. The summed E-state index contributed by atoms with van der Waals surface area (Å²) in [5.74, 6) is 0. The van der Waals surface area contributed by atoms with Crippen molar-refractivity contribution < 1.29 is 9.53 Å². The first kappa shape index (κ1) is 16.6. The zero-order valence-electron chi connectivity index (χ0n) is 14.1. The Balaban J connectivity index is 1.88. The third-order valence-corrected chi connectivity index (χ3v) is 3.66. The van der Waals surface area contributed by atoms with Crippen LogP contribution in [0.4, 0.5) is 10.5 Å². The summed E-state index contributed by atoms with van der Waals surface area (Å²) in [6.45, 7) is 8.68. The lowest BCUT2D eigenvalue weighted by molar-refractivity contribution is 0.0503. The van der Waals surface area contributed by atoms with Gasteiger partial charge in [-0.25, -0.2) is 4.79 Å². The highest BCUT2D eigenvalue weighted by Crippen LogP contribution is 2.23. The van der Waals surface area contributed by atoms with E-state index in [2.05, 4.69) is 22.7 Å². The highest BCUT2D eigenvalue weighted by Gasteiger charge is 2.30. The van der Waals surface area contributed by atoms with Crippen molar-refractivity contribution >= 4 is 11.8 Å². The Hall–Kier alpha value is -1.72. The maximum Gasteiger partial charge on any atom is 0.407 e. The van der Waals surface area contributed by atoms with Crippen LogP contribution < -0.4 is 10.6 Å². The van der Waals surface area contributed by atoms with E-state index < -0.39 is 5.60 Å². The Kier molecular flexibility index (Phi) is 5.32. The quantitative estimate of drug-likeness (QED) is 0.877. The van der Waals surface area contributed by atoms with E-state index in [1.807, 2.05) is 37.8 Å². The van der Waals surface area contributed by atoms with Crippen LogP contribution in [-0.2, 0) is 11.3 Å². The molecule has 1 aliphatic rings. The van der Waals surface area contributed by atoms with Gasteiger partial charge in [0, 0.05) is 18.8 Å². The van der Waals surface area contributed by atoms with Crippen LogP contribution >= 0.6 is 0 Å². The molecule has 1 amide bonds. The third kappa shape index (κ3) is 4.93. The average molecular weight is 308 g/mol. The average Bonchev–Trinajstić information content (AvgIpc) is 2.99. The van der Waals surface area contributed by atoms with Crippen LogP contribution in [0.5, 0.6) is 0 Å². The van der Waals surface area contributed by atoms with Gasteiger partial charge in [-0.05, 0) is 46.5 Å². The van der Waals surface area contributed by atoms with Crippen LogP contribution in [0.15, 0.2) is 12.4 Å². The van der Waals surface area contributed by atoms with E-state index in [9.17, 15) is 4.79 Å². The molecule has 1 aliphatic carbocycles. The molecule has 6 nitrogen and oxygen atoms in total. The number of nitrogens with one attached hydrogen (secondary N) is 2. The van der Waals surface area contributed by atoms with Gasteiger partial charge < -0.3 is 15.4 Å². The molecule has 0 aromatic carbocycles. The molecule has 1 saturated carbocycles. The van der Waals surface area contributed by atoms with Crippen LogP contribution in [0.25, 0.3) is 0 Å². The van der Waals surface area contributed by atoms with E-state index >= 15 is 0 Å². The third-order valence-electron chi connectivity index (χ3n) is 3.66. The normalized spacial score (nSPS) is 21.6. The number of hydrogen-bond acceptors (Lipinski definition) is 4. The van der Waals surface area contributed by atoms with E-state index in [0.29, 0.717) is 0 Å². The number of carbonyl (C=O) groups is 1. The number of amides is 1. The van der Waals surface area contributed by atoms with Gasteiger partial charge in [0.1, 0.15) is 5.60 Å². The second-order valence-corrected chi connectivity index (χ2v) is 6.93. The first-order chi connectivity index (χ1) is 10.4. The minimum Gasteiger partial charge on any atom is -0.444 e. The topological polar surface area (TPSA) is 68.2 Å². The molecule has 1 aromatic rings. The summed E-state index contributed by atoms with van der Waals surface area (Å²) < 4.78 is 7.28. The van der Waals surface area contributed by atoms with Gasteiger partial charge in [0.25, 0.3) is 0 Å². The van der Waals surface area contributed by atoms with Crippen molar-refractivity contribution in [2.24, 2.45) is 0 Å². The van der Waals surface area contributed by atoms with Gasteiger partial charge in [-0.1, -0.05) is 6.92 Å². The van der Waals surface area contributed by atoms with Crippen LogP contribution in [0.2, 0.25) is 0 Å². The molecule has 2 atom stereocenters. The molecule has 0 saturated heterocycles. The van der Waals surface area contributed by atoms with Crippen molar-refractivity contribution in [2.45, 2.75) is 77.6 Å². The van der Waals surface area contributed by atoms with E-state index in [4.69, 9.17) is 4.74 Å². The predicted molar refractivity (Wildman–Crippen MR) is 86.9 cm³/mol. The fourth-order valence-electron chi connectivity index (χ4n) is 2.77. The fourth-order valence-corrected chi connectivity index (χ4v) is 2.77. The van der Waals surface area contributed by atoms with Crippen molar-refractivity contribution in [1.82, 2.24) is 15.1 Å². The van der Waals surface area contributed by atoms with Gasteiger partial charge in [-0.3, -0.25) is 4.68 Å². The summed E-state index contributed by atoms with van der Waals surface area (Å²) in [6, 6.07) is 0.330. The molecule has 0 bridgehead atoms. The molecule has 0 spiro atoms. The molecule has 0 aliphatic heterocycles. The second-order valence-electron chi connectivity index (χ2n) is 6.93. The number of nitrogens with zero attached hydrogens (tertiary/aromatic N) is 2. The van der Waals surface area contributed by atoms with Crippen molar-refractivity contribution in [3.05, 3.63) is 12.4 Å². The fraction of sp³-hybridized carbons (Fsp3) is 0.750. The van der Waals surface area contributed by atoms with Crippen LogP contribution in [0.3, 0.4) is 0 Å². The second kappa shape index (κ2) is 7.03. The number of aromatic nitrogens is 2. The number of hydrogen-bond donors (Lipinski definition) is 2. The molecule has 2 N–H and O–H groups in total. The summed E-state index contributed by atoms with van der Waals surface area (Å²) in [6.07, 6.45) is 7.70. The van der Waals surface area contributed by atoms with Crippen LogP contribution in [0, 0.1) is 0 Å². The molecule has 1 aromatic heterocycles. The van der Waals surface area contributed by atoms with E-state index in [1.165, 1.54) is 0 Å². The summed E-state index contributed by atoms with van der Waals surface area (Å²) >= 11 is 0. The Labute approximate surface area is 132 Å². The van der Waals surface area contributed by atoms with Gasteiger partial charge in [0.15, 0.2) is 0 Å². The lowest BCUT2D eigenvalue weighted by Crippen LogP contribution is -2.45. The molecule has 124 valence electrons. The Morgan fingerprint density at radius 1 is 1.41 bits per heavy atom. The lowest BCUT2D eigenvalue weighted by Gasteiger charge is -2.25. The first-order valence-electron chi connectivity index (χ1n) is 8.16. The molecule has 22 heavy (non-hydrogen) atoms. The molecule has 0 unspecified atom stereocenters. The molecular weight excluding hydrogens is 280 g/mol. The van der Waals surface area contributed by atoms with Gasteiger partial charge in [0.05, 0.1) is 17.9 Å². The first-order valence-corrected chi connectivity index (χ1v) is 8.16. The van der Waals surface area contributed by atoms with Gasteiger partial charge in [-0.2, -0.15) is 5.10 Å². The van der Waals surface area contributed by atoms with E-state index in [1.54, 1.807) is 0 Å². The van der Waals surface area contributed by atoms with Crippen LogP contribution in [-0.4, -0.2) is 33.6 Å². The van der Waals surface area contributed by atoms with Gasteiger partial charge in [-0.15, -0.1) is 0 Å². The number of rotatable bonds is 5. The van der Waals surface area contributed by atoms with Crippen molar-refractivity contribution in [1.29, 1.82) is 0 Å². The van der Waals surface area contributed by atoms with Crippen molar-refractivity contribution in [3.8, 4) is 0 Å². The monoisotopic (exact) mass is 308 g/mol. The smallest absolute Gasteiger partial charge is 0.407 e. The zero-order chi connectivity index (χ0) is 16.2. The number of alkyl carbamates (subject to hydrolysis) is 1. The number of aryl methyl sites for hydroxylation is 1. The van der Waals surface area contributed by atoms with Crippen LogP contribution in [0.1, 0.15) is 53.4 Å². The Bertz CT molecular complexity index is 493. The number of carbonyl (C=O) groups excluding carboxylic acids is 1. The predicted octanol–water partition coefficient (Wildman–Crippen LogP) is 3.15. The van der Waals surface area contributed by atoms with Gasteiger partial charge in [0.2, 0.25) is 0 Å². The molecule has 2 rings (SSSR count). The molecule has 0 radical (unpaired) electrons. The van der Waals surface area contributed by atoms with E-state index in [-0.39, 0.29) is 18.2 Å². The Morgan fingerprint density at radius 3 is 2.82 bits per heavy atom. The molecule has 1 heterocycles. The SMILES string of the molecule is CCCn1cc(N[C@H]2CCC[C@@H]2NC(=O)OC(C)(C)C)cn1. The molecular formula is C16H28N4O2. The van der Waals surface area contributed by atoms with Crippen molar-refractivity contribution in [2.75, 3.05) is 5.32 Å². The highest BCUT2D eigenvalue weighted by molar-refractivity contribution is 5.68. The number of ether oxygens (including phenoxy) is 1. The van der Waals surface area contributed by atoms with Crippen molar-refractivity contribution in [3.63, 3.8) is 0 Å². The summed E-state index contributed by atoms with van der Waals surface area (Å²) in [4.78, 5) is 11.9. The summed E-state index contributed by atoms with van der Waals surface area (Å²) in [5, 5.41) is 10.8. The maximum atomic E-state index is 11.9. The highest BCUT2D eigenvalue weighted by atomic mass is 16.6. The number of anilines is 1. The zero-order valence-corrected chi connectivity index (χ0v) is 14.1. The Morgan fingerprint density at radius 2 is 2.14 bits per heavy atom.